The number of imide groups is 1. The number of esters is 1. The highest BCUT2D eigenvalue weighted by atomic mass is 16.6. The van der Waals surface area contributed by atoms with Crippen LogP contribution in [-0.2, 0) is 24.5 Å². The zero-order chi connectivity index (χ0) is 40.4. The minimum Gasteiger partial charge on any atom is -0.491 e. The number of benzene rings is 5. The van der Waals surface area contributed by atoms with Gasteiger partial charge < -0.3 is 25.2 Å². The Balaban J connectivity index is 1.39. The number of hydrogen-bond donors (Lipinski definition) is 3. The molecule has 3 N–H and O–H groups in total. The zero-order valence-corrected chi connectivity index (χ0v) is 31.9. The predicted molar refractivity (Wildman–Crippen MR) is 218 cm³/mol. The van der Waals surface area contributed by atoms with Crippen molar-refractivity contribution in [3.63, 3.8) is 0 Å². The standard InChI is InChI=1S/C47H44N4O7/c1-3-27-48-43(53)38-40-44(54)58-41(33-19-11-6-12-20-33)39(32-17-9-5-10-18-32)51(40)42(34-23-25-35(26-24-34)57-29-28-52)47(38)36-21-13-14-22-37(36)50(45(47)55)46(56)49-30(2)31-15-7-4-8-16-31/h3-26,30,38-42,52H,1,27-29H2,2H3,(H,48,53)(H,49,56). The largest absolute Gasteiger partial charge is 0.491 e. The quantitative estimate of drug-likeness (QED) is 0.102. The van der Waals surface area contributed by atoms with Crippen molar-refractivity contribution in [3.05, 3.63) is 180 Å². The second-order valence-electron chi connectivity index (χ2n) is 14.7. The molecule has 58 heavy (non-hydrogen) atoms. The predicted octanol–water partition coefficient (Wildman–Crippen LogP) is 6.50. The smallest absolute Gasteiger partial charge is 0.329 e. The van der Waals surface area contributed by atoms with Gasteiger partial charge in [-0.05, 0) is 52.9 Å². The Hall–Kier alpha value is -6.56. The summed E-state index contributed by atoms with van der Waals surface area (Å²) in [5, 5.41) is 15.4. The van der Waals surface area contributed by atoms with Crippen molar-refractivity contribution in [1.29, 1.82) is 0 Å². The number of urea groups is 1. The average Bonchev–Trinajstić information content (AvgIpc) is 3.72. The number of carbonyl (C=O) groups excluding carboxylic acids is 4. The van der Waals surface area contributed by atoms with Gasteiger partial charge in [0.1, 0.15) is 29.9 Å². The molecule has 11 heteroatoms. The number of aliphatic hydroxyl groups is 1. The van der Waals surface area contributed by atoms with Gasteiger partial charge in [0.15, 0.2) is 0 Å². The summed E-state index contributed by atoms with van der Waals surface area (Å²) in [5.74, 6) is -2.78. The fourth-order valence-corrected chi connectivity index (χ4v) is 9.13. The molecular formula is C47H44N4O7. The Morgan fingerprint density at radius 3 is 2.10 bits per heavy atom. The maximum Gasteiger partial charge on any atom is 0.329 e. The molecule has 3 aliphatic rings. The van der Waals surface area contributed by atoms with Crippen LogP contribution >= 0.6 is 0 Å². The molecule has 2 fully saturated rings. The average molecular weight is 777 g/mol. The van der Waals surface area contributed by atoms with Crippen molar-refractivity contribution in [2.45, 2.75) is 42.6 Å². The first-order valence-electron chi connectivity index (χ1n) is 19.4. The van der Waals surface area contributed by atoms with Gasteiger partial charge in [0.25, 0.3) is 0 Å². The molecule has 0 aromatic heterocycles. The van der Waals surface area contributed by atoms with Crippen LogP contribution in [-0.4, -0.2) is 59.6 Å². The first-order chi connectivity index (χ1) is 28.3. The Morgan fingerprint density at radius 1 is 0.828 bits per heavy atom. The Morgan fingerprint density at radius 2 is 1.45 bits per heavy atom. The van der Waals surface area contributed by atoms with E-state index >= 15 is 4.79 Å². The van der Waals surface area contributed by atoms with E-state index in [0.717, 1.165) is 21.6 Å². The molecule has 0 radical (unpaired) electrons. The van der Waals surface area contributed by atoms with Crippen molar-refractivity contribution >= 4 is 29.5 Å². The number of nitrogens with one attached hydrogen (secondary N) is 2. The molecule has 7 unspecified atom stereocenters. The van der Waals surface area contributed by atoms with Crippen LogP contribution in [0.3, 0.4) is 0 Å². The molecule has 3 heterocycles. The van der Waals surface area contributed by atoms with Gasteiger partial charge in [-0.3, -0.25) is 19.3 Å². The number of anilines is 1. The third-order valence-electron chi connectivity index (χ3n) is 11.5. The summed E-state index contributed by atoms with van der Waals surface area (Å²) in [6, 6.07) is 38.4. The summed E-state index contributed by atoms with van der Waals surface area (Å²) in [5.41, 5.74) is 1.87. The number of ether oxygens (including phenoxy) is 2. The number of nitrogens with zero attached hydrogens (tertiary/aromatic N) is 2. The van der Waals surface area contributed by atoms with Gasteiger partial charge in [-0.1, -0.05) is 127 Å². The normalized spacial score (nSPS) is 24.0. The van der Waals surface area contributed by atoms with E-state index in [2.05, 4.69) is 17.2 Å². The molecule has 0 aliphatic carbocycles. The van der Waals surface area contributed by atoms with E-state index in [9.17, 15) is 19.5 Å². The number of hydrogen-bond acceptors (Lipinski definition) is 8. The van der Waals surface area contributed by atoms with Crippen LogP contribution in [0.2, 0.25) is 0 Å². The molecular weight excluding hydrogens is 733 g/mol. The first-order valence-corrected chi connectivity index (χ1v) is 19.4. The van der Waals surface area contributed by atoms with Gasteiger partial charge in [-0.25, -0.2) is 9.69 Å². The lowest BCUT2D eigenvalue weighted by atomic mass is 9.65. The van der Waals surface area contributed by atoms with Crippen LogP contribution < -0.4 is 20.3 Å². The van der Waals surface area contributed by atoms with Crippen LogP contribution in [0.15, 0.2) is 152 Å². The van der Waals surface area contributed by atoms with Gasteiger partial charge in [0, 0.05) is 6.54 Å². The molecule has 2 saturated heterocycles. The van der Waals surface area contributed by atoms with Crippen molar-refractivity contribution in [1.82, 2.24) is 15.5 Å². The van der Waals surface area contributed by atoms with Crippen LogP contribution in [0.4, 0.5) is 10.5 Å². The molecule has 7 atom stereocenters. The van der Waals surface area contributed by atoms with Gasteiger partial charge in [-0.2, -0.15) is 0 Å². The molecule has 1 spiro atoms. The van der Waals surface area contributed by atoms with E-state index in [-0.39, 0.29) is 19.8 Å². The highest BCUT2D eigenvalue weighted by Gasteiger charge is 2.75. The van der Waals surface area contributed by atoms with E-state index in [4.69, 9.17) is 9.47 Å². The summed E-state index contributed by atoms with van der Waals surface area (Å²) < 4.78 is 12.2. The molecule has 5 aromatic rings. The molecule has 8 rings (SSSR count). The molecule has 5 aromatic carbocycles. The summed E-state index contributed by atoms with van der Waals surface area (Å²) >= 11 is 0. The highest BCUT2D eigenvalue weighted by molar-refractivity contribution is 6.24. The second-order valence-corrected chi connectivity index (χ2v) is 14.7. The number of para-hydroxylation sites is 1. The van der Waals surface area contributed by atoms with Crippen LogP contribution in [0, 0.1) is 5.92 Å². The van der Waals surface area contributed by atoms with Gasteiger partial charge >= 0.3 is 12.0 Å². The monoisotopic (exact) mass is 776 g/mol. The third-order valence-corrected chi connectivity index (χ3v) is 11.5. The lowest BCUT2D eigenvalue weighted by molar-refractivity contribution is -0.178. The van der Waals surface area contributed by atoms with Crippen LogP contribution in [0.1, 0.15) is 59.0 Å². The van der Waals surface area contributed by atoms with Gasteiger partial charge in [0.05, 0.1) is 36.3 Å². The molecule has 0 saturated carbocycles. The fraction of sp³-hybridized carbons (Fsp3) is 0.234. The number of aliphatic hydroxyl groups excluding tert-OH is 1. The third kappa shape index (κ3) is 6.42. The molecule has 11 nitrogen and oxygen atoms in total. The highest BCUT2D eigenvalue weighted by Crippen LogP contribution is 2.65. The lowest BCUT2D eigenvalue weighted by Gasteiger charge is -2.46. The number of cyclic esters (lactones) is 1. The fourth-order valence-electron chi connectivity index (χ4n) is 9.13. The first kappa shape index (κ1) is 38.3. The Kier molecular flexibility index (Phi) is 10.7. The number of amides is 4. The Labute approximate surface area is 336 Å². The molecule has 4 amide bonds. The van der Waals surface area contributed by atoms with E-state index < -0.39 is 65.4 Å². The number of rotatable bonds is 11. The molecule has 0 bridgehead atoms. The van der Waals surface area contributed by atoms with Crippen molar-refractivity contribution < 1.29 is 33.8 Å². The maximum absolute atomic E-state index is 16.0. The lowest BCUT2D eigenvalue weighted by Crippen LogP contribution is -2.56. The summed E-state index contributed by atoms with van der Waals surface area (Å²) in [6.07, 6.45) is 0.693. The molecule has 294 valence electrons. The van der Waals surface area contributed by atoms with Gasteiger partial charge in [-0.15, -0.1) is 6.58 Å². The Bertz CT molecular complexity index is 2310. The molecule has 3 aliphatic heterocycles. The van der Waals surface area contributed by atoms with Crippen molar-refractivity contribution in [2.24, 2.45) is 5.92 Å². The van der Waals surface area contributed by atoms with E-state index in [1.165, 1.54) is 6.08 Å². The number of fused-ring (bicyclic) bond motifs is 3. The van der Waals surface area contributed by atoms with Crippen molar-refractivity contribution in [3.8, 4) is 5.75 Å². The summed E-state index contributed by atoms with van der Waals surface area (Å²) in [6.45, 7) is 5.59. The minimum absolute atomic E-state index is 0.0676. The van der Waals surface area contributed by atoms with Gasteiger partial charge in [0.2, 0.25) is 11.8 Å². The second kappa shape index (κ2) is 16.1. The summed E-state index contributed by atoms with van der Waals surface area (Å²) in [4.78, 5) is 63.7. The SMILES string of the molecule is C=CCNC(=O)C1C2C(=O)OC(c3ccccc3)C(c3ccccc3)N2C(c2ccc(OCCO)cc2)C12C(=O)N(C(=O)NC(C)c1ccccc1)c1ccccc12. The van der Waals surface area contributed by atoms with Crippen LogP contribution in [0.25, 0.3) is 0 Å². The minimum atomic E-state index is -1.84. The zero-order valence-electron chi connectivity index (χ0n) is 31.9. The van der Waals surface area contributed by atoms with E-state index in [1.807, 2.05) is 115 Å². The maximum atomic E-state index is 16.0. The topological polar surface area (TPSA) is 138 Å². The van der Waals surface area contributed by atoms with Crippen LogP contribution in [0.5, 0.6) is 5.75 Å². The number of morpholine rings is 1. The summed E-state index contributed by atoms with van der Waals surface area (Å²) in [7, 11) is 0. The van der Waals surface area contributed by atoms with Crippen molar-refractivity contribution in [2.75, 3.05) is 24.7 Å². The number of carbonyl (C=O) groups is 4. The van der Waals surface area contributed by atoms with E-state index in [0.29, 0.717) is 22.6 Å². The van der Waals surface area contributed by atoms with E-state index in [1.54, 1.807) is 36.4 Å².